The summed E-state index contributed by atoms with van der Waals surface area (Å²) in [6.45, 7) is 0. The molecule has 5 heteroatoms. The van der Waals surface area contributed by atoms with Crippen LogP contribution in [0.25, 0.3) is 0 Å². The minimum Gasteiger partial charge on any atom is -0.366 e. The second-order valence-corrected chi connectivity index (χ2v) is 2.22. The van der Waals surface area contributed by atoms with Crippen molar-refractivity contribution in [3.63, 3.8) is 0 Å². The lowest BCUT2D eigenvalue weighted by Crippen LogP contribution is -2.08. The van der Waals surface area contributed by atoms with Crippen LogP contribution in [0, 0.1) is 0 Å². The lowest BCUT2D eigenvalue weighted by Gasteiger charge is -2.02. The highest BCUT2D eigenvalue weighted by molar-refractivity contribution is 4.75. The van der Waals surface area contributed by atoms with E-state index in [4.69, 9.17) is 5.11 Å². The second-order valence-electron chi connectivity index (χ2n) is 2.22. The molecule has 1 N–H and O–H groups in total. The average Bonchev–Trinajstić information content (AvgIpc) is 2.40. The van der Waals surface area contributed by atoms with E-state index in [0.717, 1.165) is 0 Å². The van der Waals surface area contributed by atoms with E-state index in [-0.39, 0.29) is 6.42 Å². The lowest BCUT2D eigenvalue weighted by molar-refractivity contribution is -0.136. The molecule has 2 atom stereocenters. The van der Waals surface area contributed by atoms with E-state index < -0.39 is 25.0 Å². The maximum absolute atomic E-state index is 11.4. The van der Waals surface area contributed by atoms with Gasteiger partial charge >= 0.3 is 6.18 Å². The molecule has 0 aliphatic carbocycles. The molecule has 1 saturated heterocycles. The molecule has 2 nitrogen and oxygen atoms in total. The smallest absolute Gasteiger partial charge is 0.366 e. The fourth-order valence-electron chi connectivity index (χ4n) is 0.650. The van der Waals surface area contributed by atoms with Gasteiger partial charge in [0.2, 0.25) is 0 Å². The minimum atomic E-state index is -4.13. The molecule has 0 aromatic carbocycles. The fraction of sp³-hybridized carbons (Fsp3) is 1.00. The Morgan fingerprint density at radius 3 is 2.20 bits per heavy atom. The predicted octanol–water partition coefficient (Wildman–Crippen LogP) is 1.05. The standard InChI is InChI=1S/C5H7F3O2/c6-5(7,8)2-1-3-4(9)10-3/h3-4,9H,1-2H2. The Bertz CT molecular complexity index is 123. The van der Waals surface area contributed by atoms with E-state index >= 15 is 0 Å². The van der Waals surface area contributed by atoms with Gasteiger partial charge in [-0.1, -0.05) is 0 Å². The summed E-state index contributed by atoms with van der Waals surface area (Å²) in [5.74, 6) is 0. The second kappa shape index (κ2) is 2.39. The van der Waals surface area contributed by atoms with Crippen LogP contribution in [0.3, 0.4) is 0 Å². The van der Waals surface area contributed by atoms with Crippen LogP contribution in [0.2, 0.25) is 0 Å². The minimum absolute atomic E-state index is 0.134. The number of aliphatic hydroxyl groups is 1. The predicted molar refractivity (Wildman–Crippen MR) is 26.2 cm³/mol. The molecule has 1 heterocycles. The van der Waals surface area contributed by atoms with Crippen LogP contribution in [-0.4, -0.2) is 23.7 Å². The third kappa shape index (κ3) is 2.53. The van der Waals surface area contributed by atoms with Crippen LogP contribution in [0.15, 0.2) is 0 Å². The molecule has 0 aromatic rings. The Kier molecular flexibility index (Phi) is 1.87. The Labute approximate surface area is 55.6 Å². The third-order valence-electron chi connectivity index (χ3n) is 1.27. The van der Waals surface area contributed by atoms with Crippen molar-refractivity contribution in [3.05, 3.63) is 0 Å². The molecule has 0 amide bonds. The highest BCUT2D eigenvalue weighted by Crippen LogP contribution is 2.29. The SMILES string of the molecule is OC1OC1CCC(F)(F)F. The van der Waals surface area contributed by atoms with Gasteiger partial charge in [0, 0.05) is 6.42 Å². The van der Waals surface area contributed by atoms with Crippen molar-refractivity contribution < 1.29 is 23.0 Å². The summed E-state index contributed by atoms with van der Waals surface area (Å²) in [6.07, 6.45) is -6.69. The molecule has 1 aliphatic heterocycles. The third-order valence-corrected chi connectivity index (χ3v) is 1.27. The molecule has 10 heavy (non-hydrogen) atoms. The van der Waals surface area contributed by atoms with Crippen molar-refractivity contribution in [2.24, 2.45) is 0 Å². The molecule has 1 aliphatic rings. The molecular formula is C5H7F3O2. The largest absolute Gasteiger partial charge is 0.389 e. The van der Waals surface area contributed by atoms with E-state index in [1.165, 1.54) is 0 Å². The first-order chi connectivity index (χ1) is 4.49. The van der Waals surface area contributed by atoms with Gasteiger partial charge in [0.15, 0.2) is 6.29 Å². The van der Waals surface area contributed by atoms with Gasteiger partial charge in [0.05, 0.1) is 0 Å². The van der Waals surface area contributed by atoms with Crippen molar-refractivity contribution >= 4 is 0 Å². The van der Waals surface area contributed by atoms with E-state index in [2.05, 4.69) is 4.74 Å². The highest BCUT2D eigenvalue weighted by atomic mass is 19.4. The fourth-order valence-corrected chi connectivity index (χ4v) is 0.650. The van der Waals surface area contributed by atoms with Crippen molar-refractivity contribution in [1.82, 2.24) is 0 Å². The van der Waals surface area contributed by atoms with Gasteiger partial charge in [0.25, 0.3) is 0 Å². The molecule has 0 saturated carbocycles. The molecule has 0 radical (unpaired) electrons. The number of halogens is 3. The summed E-state index contributed by atoms with van der Waals surface area (Å²) in [7, 11) is 0. The van der Waals surface area contributed by atoms with Crippen molar-refractivity contribution in [3.8, 4) is 0 Å². The Hall–Kier alpha value is -0.290. The lowest BCUT2D eigenvalue weighted by atomic mass is 10.2. The Morgan fingerprint density at radius 1 is 1.40 bits per heavy atom. The summed E-state index contributed by atoms with van der Waals surface area (Å²) in [5, 5.41) is 8.43. The number of ether oxygens (including phenoxy) is 1. The van der Waals surface area contributed by atoms with Gasteiger partial charge in [0.1, 0.15) is 6.10 Å². The van der Waals surface area contributed by atoms with Crippen LogP contribution in [0.5, 0.6) is 0 Å². The van der Waals surface area contributed by atoms with Crippen molar-refractivity contribution in [2.45, 2.75) is 31.4 Å². The summed E-state index contributed by atoms with van der Waals surface area (Å²) in [5.41, 5.74) is 0. The number of rotatable bonds is 2. The first-order valence-corrected chi connectivity index (χ1v) is 2.89. The molecule has 60 valence electrons. The van der Waals surface area contributed by atoms with Gasteiger partial charge in [-0.2, -0.15) is 13.2 Å². The summed E-state index contributed by atoms with van der Waals surface area (Å²) in [4.78, 5) is 0. The van der Waals surface area contributed by atoms with Gasteiger partial charge in [-0.05, 0) is 6.42 Å². The van der Waals surface area contributed by atoms with Crippen LogP contribution in [0.4, 0.5) is 13.2 Å². The molecule has 1 fully saturated rings. The van der Waals surface area contributed by atoms with Crippen molar-refractivity contribution in [1.29, 1.82) is 0 Å². The Balaban J connectivity index is 2.06. The quantitative estimate of drug-likeness (QED) is 0.606. The number of hydrogen-bond acceptors (Lipinski definition) is 2. The molecule has 2 unspecified atom stereocenters. The molecular weight excluding hydrogens is 149 g/mol. The Morgan fingerprint density at radius 2 is 1.90 bits per heavy atom. The highest BCUT2D eigenvalue weighted by Gasteiger charge is 2.40. The van der Waals surface area contributed by atoms with Crippen LogP contribution >= 0.6 is 0 Å². The van der Waals surface area contributed by atoms with E-state index in [1.54, 1.807) is 0 Å². The normalized spacial score (nSPS) is 32.4. The van der Waals surface area contributed by atoms with E-state index in [0.29, 0.717) is 0 Å². The topological polar surface area (TPSA) is 32.8 Å². The molecule has 1 rings (SSSR count). The van der Waals surface area contributed by atoms with Gasteiger partial charge in [-0.3, -0.25) is 0 Å². The number of aliphatic hydroxyl groups excluding tert-OH is 1. The van der Waals surface area contributed by atoms with Crippen molar-refractivity contribution in [2.75, 3.05) is 0 Å². The van der Waals surface area contributed by atoms with Crippen LogP contribution in [0.1, 0.15) is 12.8 Å². The summed E-state index contributed by atoms with van der Waals surface area (Å²) >= 11 is 0. The average molecular weight is 156 g/mol. The summed E-state index contributed by atoms with van der Waals surface area (Å²) in [6, 6.07) is 0. The monoisotopic (exact) mass is 156 g/mol. The number of epoxide rings is 1. The molecule has 0 bridgehead atoms. The maximum atomic E-state index is 11.4. The van der Waals surface area contributed by atoms with Gasteiger partial charge < -0.3 is 9.84 Å². The van der Waals surface area contributed by atoms with E-state index in [1.807, 2.05) is 0 Å². The molecule has 0 spiro atoms. The number of hydrogen-bond donors (Lipinski definition) is 1. The first kappa shape index (κ1) is 7.81. The van der Waals surface area contributed by atoms with Gasteiger partial charge in [-0.15, -0.1) is 0 Å². The molecule has 0 aromatic heterocycles. The first-order valence-electron chi connectivity index (χ1n) is 2.89. The zero-order valence-corrected chi connectivity index (χ0v) is 5.06. The zero-order chi connectivity index (χ0) is 7.78. The van der Waals surface area contributed by atoms with Gasteiger partial charge in [-0.25, -0.2) is 0 Å². The van der Waals surface area contributed by atoms with Crippen LogP contribution < -0.4 is 0 Å². The summed E-state index contributed by atoms with van der Waals surface area (Å²) < 4.78 is 38.7. The van der Waals surface area contributed by atoms with E-state index in [9.17, 15) is 13.2 Å². The van der Waals surface area contributed by atoms with Crippen LogP contribution in [-0.2, 0) is 4.74 Å². The zero-order valence-electron chi connectivity index (χ0n) is 5.06. The number of alkyl halides is 3. The maximum Gasteiger partial charge on any atom is 0.389 e.